The molecule has 3 nitrogen and oxygen atoms in total. The molecule has 0 aliphatic carbocycles. The van der Waals surface area contributed by atoms with Crippen molar-refractivity contribution in [2.75, 3.05) is 5.32 Å². The van der Waals surface area contributed by atoms with E-state index in [1.54, 1.807) is 18.2 Å². The van der Waals surface area contributed by atoms with Crippen molar-refractivity contribution in [2.45, 2.75) is 6.54 Å². The maximum absolute atomic E-state index is 13.6. The van der Waals surface area contributed by atoms with Crippen molar-refractivity contribution in [1.82, 2.24) is 0 Å². The predicted molar refractivity (Wildman–Crippen MR) is 79.8 cm³/mol. The van der Waals surface area contributed by atoms with Crippen molar-refractivity contribution in [3.8, 4) is 0 Å². The Labute approximate surface area is 128 Å². The third kappa shape index (κ3) is 3.49. The Kier molecular flexibility index (Phi) is 4.62. The summed E-state index contributed by atoms with van der Waals surface area (Å²) in [5, 5.41) is 12.1. The lowest BCUT2D eigenvalue weighted by Crippen LogP contribution is -2.04. The Morgan fingerprint density at radius 2 is 2.05 bits per heavy atom. The molecule has 0 spiro atoms. The first-order chi connectivity index (χ1) is 9.47. The van der Waals surface area contributed by atoms with Gasteiger partial charge in [0.15, 0.2) is 0 Å². The van der Waals surface area contributed by atoms with Gasteiger partial charge in [-0.15, -0.1) is 0 Å². The zero-order chi connectivity index (χ0) is 14.7. The number of hydrogen-bond donors (Lipinski definition) is 2. The second-order valence-corrected chi connectivity index (χ2v) is 5.41. The maximum atomic E-state index is 13.6. The molecule has 2 N–H and O–H groups in total. The van der Waals surface area contributed by atoms with Gasteiger partial charge in [-0.25, -0.2) is 9.18 Å². The van der Waals surface area contributed by atoms with Crippen LogP contribution in [0.5, 0.6) is 0 Å². The molecule has 0 unspecified atom stereocenters. The van der Waals surface area contributed by atoms with Crippen LogP contribution in [-0.2, 0) is 6.54 Å². The van der Waals surface area contributed by atoms with Crippen LogP contribution in [0.25, 0.3) is 0 Å². The molecule has 2 rings (SSSR count). The van der Waals surface area contributed by atoms with Gasteiger partial charge in [0.1, 0.15) is 5.82 Å². The molecule has 104 valence electrons. The van der Waals surface area contributed by atoms with Gasteiger partial charge >= 0.3 is 5.97 Å². The van der Waals surface area contributed by atoms with E-state index in [2.05, 4.69) is 21.2 Å². The molecule has 0 radical (unpaired) electrons. The Hall–Kier alpha value is -1.59. The number of anilines is 1. The third-order valence-electron chi connectivity index (χ3n) is 2.69. The fraction of sp³-hybridized carbons (Fsp3) is 0.0714. The normalized spacial score (nSPS) is 10.3. The molecule has 6 heteroatoms. The number of carbonyl (C=O) groups is 1. The molecule has 0 aromatic heterocycles. The van der Waals surface area contributed by atoms with Crippen molar-refractivity contribution >= 4 is 39.2 Å². The highest BCUT2D eigenvalue weighted by Crippen LogP contribution is 2.22. The first-order valence-electron chi connectivity index (χ1n) is 5.68. The second-order valence-electron chi connectivity index (χ2n) is 4.09. The number of nitrogens with one attached hydrogen (secondary N) is 1. The maximum Gasteiger partial charge on any atom is 0.337 e. The minimum absolute atomic E-state index is 0.00736. The molecule has 0 amide bonds. The van der Waals surface area contributed by atoms with Gasteiger partial charge in [-0.1, -0.05) is 33.6 Å². The molecule has 20 heavy (non-hydrogen) atoms. The minimum Gasteiger partial charge on any atom is -0.478 e. The number of carboxylic acid groups (broad SMARTS) is 1. The molecule has 2 aromatic rings. The van der Waals surface area contributed by atoms with Crippen molar-refractivity contribution < 1.29 is 14.3 Å². The van der Waals surface area contributed by atoms with Crippen LogP contribution >= 0.6 is 27.5 Å². The topological polar surface area (TPSA) is 49.3 Å². The highest BCUT2D eigenvalue weighted by atomic mass is 79.9. The van der Waals surface area contributed by atoms with Crippen LogP contribution in [0, 0.1) is 5.82 Å². The summed E-state index contributed by atoms with van der Waals surface area (Å²) in [6.07, 6.45) is 0. The lowest BCUT2D eigenvalue weighted by molar-refractivity contribution is 0.0697. The lowest BCUT2D eigenvalue weighted by Gasteiger charge is -2.09. The minimum atomic E-state index is -1.10. The van der Waals surface area contributed by atoms with Crippen LogP contribution in [0.15, 0.2) is 40.9 Å². The lowest BCUT2D eigenvalue weighted by atomic mass is 10.1. The van der Waals surface area contributed by atoms with Crippen molar-refractivity contribution in [1.29, 1.82) is 0 Å². The first-order valence-corrected chi connectivity index (χ1v) is 6.85. The summed E-state index contributed by atoms with van der Waals surface area (Å²) < 4.78 is 14.3. The van der Waals surface area contributed by atoms with Crippen LogP contribution in [0.3, 0.4) is 0 Å². The van der Waals surface area contributed by atoms with E-state index >= 15 is 0 Å². The average Bonchev–Trinajstić information content (AvgIpc) is 2.39. The second kappa shape index (κ2) is 6.24. The van der Waals surface area contributed by atoms with Gasteiger partial charge in [0.2, 0.25) is 0 Å². The van der Waals surface area contributed by atoms with E-state index in [-0.39, 0.29) is 22.9 Å². The van der Waals surface area contributed by atoms with Gasteiger partial charge in [-0.3, -0.25) is 0 Å². The van der Waals surface area contributed by atoms with Crippen LogP contribution in [0.1, 0.15) is 15.9 Å². The molecule has 0 atom stereocenters. The summed E-state index contributed by atoms with van der Waals surface area (Å²) in [4.78, 5) is 11.0. The fourth-order valence-corrected chi connectivity index (χ4v) is 2.19. The van der Waals surface area contributed by atoms with Crippen LogP contribution in [0.2, 0.25) is 5.02 Å². The number of benzene rings is 2. The Bertz CT molecular complexity index is 664. The van der Waals surface area contributed by atoms with E-state index in [0.29, 0.717) is 15.7 Å². The summed E-state index contributed by atoms with van der Waals surface area (Å²) >= 11 is 8.96. The molecular formula is C14H10BrClFNO2. The molecule has 2 aromatic carbocycles. The zero-order valence-electron chi connectivity index (χ0n) is 10.2. The molecule has 0 bridgehead atoms. The van der Waals surface area contributed by atoms with Gasteiger partial charge in [-0.05, 0) is 30.3 Å². The van der Waals surface area contributed by atoms with Crippen LogP contribution < -0.4 is 5.32 Å². The number of halogens is 3. The number of aromatic carboxylic acids is 1. The van der Waals surface area contributed by atoms with Crippen molar-refractivity contribution in [3.05, 3.63) is 62.8 Å². The monoisotopic (exact) mass is 357 g/mol. The number of hydrogen-bond acceptors (Lipinski definition) is 2. The van der Waals surface area contributed by atoms with Crippen LogP contribution in [0.4, 0.5) is 10.1 Å². The molecule has 0 saturated heterocycles. The summed E-state index contributed by atoms with van der Waals surface area (Å²) in [5.41, 5.74) is 1.06. The molecule has 0 saturated carbocycles. The quantitative estimate of drug-likeness (QED) is 0.843. The zero-order valence-corrected chi connectivity index (χ0v) is 12.5. The van der Waals surface area contributed by atoms with Crippen molar-refractivity contribution in [3.63, 3.8) is 0 Å². The van der Waals surface area contributed by atoms with Crippen molar-refractivity contribution in [2.24, 2.45) is 0 Å². The average molecular weight is 359 g/mol. The fourth-order valence-electron chi connectivity index (χ4n) is 1.66. The van der Waals surface area contributed by atoms with Gasteiger partial charge in [0.05, 0.1) is 10.6 Å². The SMILES string of the molecule is O=C(O)c1cc(NCc2ccc(Br)cc2F)ccc1Cl. The third-order valence-corrected chi connectivity index (χ3v) is 3.52. The molecule has 0 fully saturated rings. The van der Waals surface area contributed by atoms with E-state index in [1.165, 1.54) is 18.2 Å². The standard InChI is InChI=1S/C14H10BrClFNO2/c15-9-2-1-8(13(17)5-9)7-18-10-3-4-12(16)11(6-10)14(19)20/h1-6,18H,7H2,(H,19,20). The Morgan fingerprint density at radius 3 is 2.70 bits per heavy atom. The van der Waals surface area contributed by atoms with Crippen LogP contribution in [-0.4, -0.2) is 11.1 Å². The predicted octanol–water partition coefficient (Wildman–Crippen LogP) is 4.55. The van der Waals surface area contributed by atoms with E-state index in [9.17, 15) is 9.18 Å². The number of rotatable bonds is 4. The van der Waals surface area contributed by atoms with E-state index in [4.69, 9.17) is 16.7 Å². The highest BCUT2D eigenvalue weighted by molar-refractivity contribution is 9.10. The van der Waals surface area contributed by atoms with E-state index in [1.807, 2.05) is 0 Å². The summed E-state index contributed by atoms with van der Waals surface area (Å²) in [6, 6.07) is 9.32. The largest absolute Gasteiger partial charge is 0.478 e. The number of carboxylic acids is 1. The molecular weight excluding hydrogens is 349 g/mol. The molecule has 0 aliphatic rings. The summed E-state index contributed by atoms with van der Waals surface area (Å²) in [5.74, 6) is -1.44. The van der Waals surface area contributed by atoms with E-state index < -0.39 is 5.97 Å². The Morgan fingerprint density at radius 1 is 1.30 bits per heavy atom. The molecule has 0 heterocycles. The van der Waals surface area contributed by atoms with Gasteiger partial charge in [-0.2, -0.15) is 0 Å². The smallest absolute Gasteiger partial charge is 0.337 e. The summed E-state index contributed by atoms with van der Waals surface area (Å²) in [7, 11) is 0. The van der Waals surface area contributed by atoms with Gasteiger partial charge in [0.25, 0.3) is 0 Å². The first kappa shape index (κ1) is 14.8. The van der Waals surface area contributed by atoms with Gasteiger partial charge in [0, 0.05) is 22.3 Å². The highest BCUT2D eigenvalue weighted by Gasteiger charge is 2.09. The summed E-state index contributed by atoms with van der Waals surface area (Å²) in [6.45, 7) is 0.250. The van der Waals surface area contributed by atoms with E-state index in [0.717, 1.165) is 0 Å². The molecule has 0 aliphatic heterocycles. The van der Waals surface area contributed by atoms with Gasteiger partial charge < -0.3 is 10.4 Å². The Balaban J connectivity index is 2.15.